The van der Waals surface area contributed by atoms with Crippen molar-refractivity contribution in [1.29, 1.82) is 0 Å². The number of hydrogen-bond acceptors (Lipinski definition) is 4. The van der Waals surface area contributed by atoms with E-state index in [4.69, 9.17) is 18.9 Å². The number of methoxy groups -OCH3 is 2. The highest BCUT2D eigenvalue weighted by Crippen LogP contribution is 2.41. The molecule has 2 aromatic rings. The van der Waals surface area contributed by atoms with Crippen molar-refractivity contribution in [3.8, 4) is 17.2 Å². The minimum absolute atomic E-state index is 0.0450. The fourth-order valence-electron chi connectivity index (χ4n) is 2.99. The number of hydrogen-bond donors (Lipinski definition) is 0. The lowest BCUT2D eigenvalue weighted by Gasteiger charge is -2.19. The molecule has 5 heteroatoms. The SMILES string of the molecule is CCCCCCOc1c(OC)cc(OCC(CCBr)OC)c2ccccc12. The topological polar surface area (TPSA) is 36.9 Å². The molecule has 0 bridgehead atoms. The molecular weight excluding hydrogens is 408 g/mol. The summed E-state index contributed by atoms with van der Waals surface area (Å²) in [6.45, 7) is 3.40. The zero-order valence-electron chi connectivity index (χ0n) is 16.6. The molecule has 0 aromatic heterocycles. The molecule has 0 N–H and O–H groups in total. The van der Waals surface area contributed by atoms with Crippen molar-refractivity contribution >= 4 is 26.7 Å². The molecular formula is C22H31BrO4. The molecule has 0 spiro atoms. The van der Waals surface area contributed by atoms with Crippen LogP contribution in [0.15, 0.2) is 30.3 Å². The molecule has 1 unspecified atom stereocenters. The molecule has 4 nitrogen and oxygen atoms in total. The van der Waals surface area contributed by atoms with Crippen LogP contribution in [0.1, 0.15) is 39.0 Å². The second-order valence-electron chi connectivity index (χ2n) is 6.51. The predicted octanol–water partition coefficient (Wildman–Crippen LogP) is 5.99. The number of rotatable bonds is 13. The van der Waals surface area contributed by atoms with E-state index in [1.54, 1.807) is 14.2 Å². The smallest absolute Gasteiger partial charge is 0.169 e. The number of ether oxygens (including phenoxy) is 4. The Morgan fingerprint density at radius 3 is 2.41 bits per heavy atom. The summed E-state index contributed by atoms with van der Waals surface area (Å²) in [5.41, 5.74) is 0. The van der Waals surface area contributed by atoms with E-state index in [0.29, 0.717) is 19.0 Å². The molecule has 27 heavy (non-hydrogen) atoms. The molecule has 0 saturated carbocycles. The van der Waals surface area contributed by atoms with Gasteiger partial charge in [-0.25, -0.2) is 0 Å². The van der Waals surface area contributed by atoms with Crippen molar-refractivity contribution in [3.05, 3.63) is 30.3 Å². The highest BCUT2D eigenvalue weighted by Gasteiger charge is 2.16. The average Bonchev–Trinajstić information content (AvgIpc) is 2.71. The lowest BCUT2D eigenvalue weighted by atomic mass is 10.1. The monoisotopic (exact) mass is 438 g/mol. The summed E-state index contributed by atoms with van der Waals surface area (Å²) in [5.74, 6) is 2.28. The molecule has 0 saturated heterocycles. The maximum atomic E-state index is 6.12. The van der Waals surface area contributed by atoms with Crippen LogP contribution in [0.5, 0.6) is 17.2 Å². The first-order chi connectivity index (χ1) is 13.2. The van der Waals surface area contributed by atoms with E-state index in [1.807, 2.05) is 18.2 Å². The summed E-state index contributed by atoms with van der Waals surface area (Å²) in [5, 5.41) is 2.91. The van der Waals surface area contributed by atoms with Gasteiger partial charge in [0.2, 0.25) is 0 Å². The van der Waals surface area contributed by atoms with Crippen molar-refractivity contribution in [1.82, 2.24) is 0 Å². The molecule has 0 aliphatic rings. The van der Waals surface area contributed by atoms with Crippen LogP contribution in [0.25, 0.3) is 10.8 Å². The largest absolute Gasteiger partial charge is 0.493 e. The standard InChI is InChI=1S/C22H31BrO4/c1-4-5-6-9-14-26-22-19-11-8-7-10-18(19)20(15-21(22)25-3)27-16-17(24-2)12-13-23/h7-8,10-11,15,17H,4-6,9,12-14,16H2,1-3H3. The minimum atomic E-state index is 0.0450. The zero-order valence-corrected chi connectivity index (χ0v) is 18.2. The molecule has 0 amide bonds. The van der Waals surface area contributed by atoms with Crippen LogP contribution in [0.3, 0.4) is 0 Å². The summed E-state index contributed by atoms with van der Waals surface area (Å²) in [4.78, 5) is 0. The fraction of sp³-hybridized carbons (Fsp3) is 0.545. The van der Waals surface area contributed by atoms with Gasteiger partial charge in [-0.2, -0.15) is 0 Å². The van der Waals surface area contributed by atoms with Crippen LogP contribution in [0, 0.1) is 0 Å². The van der Waals surface area contributed by atoms with Crippen molar-refractivity contribution < 1.29 is 18.9 Å². The second-order valence-corrected chi connectivity index (χ2v) is 7.30. The summed E-state index contributed by atoms with van der Waals surface area (Å²) < 4.78 is 23.3. The van der Waals surface area contributed by atoms with Crippen LogP contribution in [-0.2, 0) is 4.74 Å². The molecule has 2 aromatic carbocycles. The number of alkyl halides is 1. The molecule has 0 aliphatic heterocycles. The summed E-state index contributed by atoms with van der Waals surface area (Å²) in [7, 11) is 3.38. The summed E-state index contributed by atoms with van der Waals surface area (Å²) in [6.07, 6.45) is 5.63. The van der Waals surface area contributed by atoms with Gasteiger partial charge in [0, 0.05) is 29.3 Å². The van der Waals surface area contributed by atoms with E-state index < -0.39 is 0 Å². The van der Waals surface area contributed by atoms with Crippen LogP contribution in [0.4, 0.5) is 0 Å². The summed E-state index contributed by atoms with van der Waals surface area (Å²) >= 11 is 3.46. The quantitative estimate of drug-likeness (QED) is 0.284. The van der Waals surface area contributed by atoms with Crippen LogP contribution >= 0.6 is 15.9 Å². The Labute approximate surface area is 171 Å². The molecule has 0 aliphatic carbocycles. The first kappa shape index (κ1) is 21.8. The maximum Gasteiger partial charge on any atom is 0.169 e. The van der Waals surface area contributed by atoms with Gasteiger partial charge in [0.1, 0.15) is 12.4 Å². The van der Waals surface area contributed by atoms with E-state index >= 15 is 0 Å². The molecule has 1 atom stereocenters. The fourth-order valence-corrected chi connectivity index (χ4v) is 3.50. The minimum Gasteiger partial charge on any atom is -0.493 e. The van der Waals surface area contributed by atoms with Crippen LogP contribution in [0.2, 0.25) is 0 Å². The predicted molar refractivity (Wildman–Crippen MR) is 115 cm³/mol. The highest BCUT2D eigenvalue weighted by atomic mass is 79.9. The Morgan fingerprint density at radius 2 is 1.74 bits per heavy atom. The van der Waals surface area contributed by atoms with Gasteiger partial charge in [-0.1, -0.05) is 66.4 Å². The van der Waals surface area contributed by atoms with E-state index in [-0.39, 0.29) is 6.10 Å². The van der Waals surface area contributed by atoms with Gasteiger partial charge in [-0.15, -0.1) is 0 Å². The Bertz CT molecular complexity index is 689. The van der Waals surface area contributed by atoms with Gasteiger partial charge in [0.05, 0.1) is 19.8 Å². The van der Waals surface area contributed by atoms with Crippen molar-refractivity contribution in [2.24, 2.45) is 0 Å². The third kappa shape index (κ3) is 6.28. The Balaban J connectivity index is 2.23. The Morgan fingerprint density at radius 1 is 0.963 bits per heavy atom. The number of unbranched alkanes of at least 4 members (excludes halogenated alkanes) is 3. The van der Waals surface area contributed by atoms with E-state index in [9.17, 15) is 0 Å². The zero-order chi connectivity index (χ0) is 19.5. The first-order valence-electron chi connectivity index (χ1n) is 9.69. The van der Waals surface area contributed by atoms with Crippen molar-refractivity contribution in [2.45, 2.75) is 45.1 Å². The van der Waals surface area contributed by atoms with Gasteiger partial charge in [-0.3, -0.25) is 0 Å². The molecule has 150 valence electrons. The number of fused-ring (bicyclic) bond motifs is 1. The average molecular weight is 439 g/mol. The molecule has 0 fully saturated rings. The normalized spacial score (nSPS) is 12.1. The van der Waals surface area contributed by atoms with Crippen molar-refractivity contribution in [2.75, 3.05) is 32.8 Å². The van der Waals surface area contributed by atoms with Crippen LogP contribution in [-0.4, -0.2) is 38.9 Å². The van der Waals surface area contributed by atoms with E-state index in [1.165, 1.54) is 19.3 Å². The van der Waals surface area contributed by atoms with Gasteiger partial charge in [0.15, 0.2) is 11.5 Å². The van der Waals surface area contributed by atoms with E-state index in [2.05, 4.69) is 35.0 Å². The Hall–Kier alpha value is -1.46. The highest BCUT2D eigenvalue weighted by molar-refractivity contribution is 9.09. The first-order valence-corrected chi connectivity index (χ1v) is 10.8. The van der Waals surface area contributed by atoms with Gasteiger partial charge < -0.3 is 18.9 Å². The van der Waals surface area contributed by atoms with Gasteiger partial charge >= 0.3 is 0 Å². The van der Waals surface area contributed by atoms with Gasteiger partial charge in [0.25, 0.3) is 0 Å². The Kier molecular flexibility index (Phi) is 9.78. The van der Waals surface area contributed by atoms with E-state index in [0.717, 1.165) is 40.4 Å². The third-order valence-corrected chi connectivity index (χ3v) is 5.03. The van der Waals surface area contributed by atoms with Crippen molar-refractivity contribution in [3.63, 3.8) is 0 Å². The molecule has 2 rings (SSSR count). The second kappa shape index (κ2) is 12.1. The van der Waals surface area contributed by atoms with Gasteiger partial charge in [-0.05, 0) is 12.8 Å². The molecule has 0 heterocycles. The molecule has 0 radical (unpaired) electrons. The lowest BCUT2D eigenvalue weighted by Crippen LogP contribution is -2.20. The lowest BCUT2D eigenvalue weighted by molar-refractivity contribution is 0.0570. The maximum absolute atomic E-state index is 6.12. The van der Waals surface area contributed by atoms with Crippen LogP contribution < -0.4 is 14.2 Å². The summed E-state index contributed by atoms with van der Waals surface area (Å²) in [6, 6.07) is 10.1. The third-order valence-electron chi connectivity index (χ3n) is 4.58. The number of benzene rings is 2. The number of halogens is 1.